The van der Waals surface area contributed by atoms with Gasteiger partial charge in [-0.05, 0) is 63.8 Å². The first-order chi connectivity index (χ1) is 17.8. The Bertz CT molecular complexity index is 1210. The van der Waals surface area contributed by atoms with Crippen molar-refractivity contribution in [1.29, 1.82) is 5.26 Å². The lowest BCUT2D eigenvalue weighted by atomic mass is 9.97. The van der Waals surface area contributed by atoms with Gasteiger partial charge in [-0.25, -0.2) is 4.79 Å². The van der Waals surface area contributed by atoms with Crippen LogP contribution < -0.4 is 16.4 Å². The number of nitrogens with two attached hydrogens (primary N) is 1. The third kappa shape index (κ3) is 8.62. The number of carbonyl (C=O) groups excluding carboxylic acids is 4. The van der Waals surface area contributed by atoms with Gasteiger partial charge < -0.3 is 26.0 Å². The fraction of sp³-hybridized carbons (Fsp3) is 0.393. The number of nitrogens with zero attached hydrogens (tertiary/aromatic N) is 2. The van der Waals surface area contributed by atoms with Gasteiger partial charge in [0.25, 0.3) is 5.91 Å². The van der Waals surface area contributed by atoms with Crippen LogP contribution in [0, 0.1) is 25.2 Å². The molecule has 10 nitrogen and oxygen atoms in total. The van der Waals surface area contributed by atoms with Gasteiger partial charge >= 0.3 is 6.09 Å². The summed E-state index contributed by atoms with van der Waals surface area (Å²) in [5.41, 5.74) is 7.06. The summed E-state index contributed by atoms with van der Waals surface area (Å²) in [7, 11) is 0. The Balaban J connectivity index is 2.53. The number of hydrogen-bond donors (Lipinski definition) is 3. The lowest BCUT2D eigenvalue weighted by Crippen LogP contribution is -2.52. The SMILES string of the molecule is Cc1ccccc1NC(=O)C(c1ccccc1C)N(CC#N)C(=O)C(CCC(N)=O)NC(=O)OC(C)(C)C. The van der Waals surface area contributed by atoms with Crippen LogP contribution in [0.3, 0.4) is 0 Å². The summed E-state index contributed by atoms with van der Waals surface area (Å²) in [5, 5.41) is 15.0. The molecule has 2 rings (SSSR count). The highest BCUT2D eigenvalue weighted by atomic mass is 16.6. The topological polar surface area (TPSA) is 155 Å². The molecule has 38 heavy (non-hydrogen) atoms. The number of alkyl carbamates (subject to hydrolysis) is 1. The molecule has 0 aliphatic carbocycles. The predicted molar refractivity (Wildman–Crippen MR) is 143 cm³/mol. The molecular formula is C28H35N5O5. The smallest absolute Gasteiger partial charge is 0.408 e. The lowest BCUT2D eigenvalue weighted by molar-refractivity contribution is -0.140. The zero-order valence-electron chi connectivity index (χ0n) is 22.4. The standard InChI is InChI=1S/C28H35N5O5/c1-18-10-6-8-12-20(18)24(25(35)31-21-13-9-7-11-19(21)2)33(17-16-29)26(36)22(14-15-23(30)34)32-27(37)38-28(3,4)5/h6-13,22,24H,14-15,17H2,1-5H3,(H2,30,34)(H,31,35)(H,32,37). The monoisotopic (exact) mass is 521 g/mol. The Kier molecular flexibility index (Phi) is 10.4. The van der Waals surface area contributed by atoms with E-state index in [-0.39, 0.29) is 12.8 Å². The van der Waals surface area contributed by atoms with E-state index in [0.29, 0.717) is 11.3 Å². The van der Waals surface area contributed by atoms with Crippen LogP contribution in [-0.2, 0) is 19.1 Å². The van der Waals surface area contributed by atoms with Crippen LogP contribution in [0.15, 0.2) is 48.5 Å². The van der Waals surface area contributed by atoms with Crippen LogP contribution in [0.4, 0.5) is 10.5 Å². The van der Waals surface area contributed by atoms with Crippen molar-refractivity contribution >= 4 is 29.5 Å². The van der Waals surface area contributed by atoms with Gasteiger partial charge in [0.05, 0.1) is 6.07 Å². The number of amides is 4. The minimum atomic E-state index is -1.27. The first-order valence-electron chi connectivity index (χ1n) is 12.2. The molecule has 2 aromatic rings. The van der Waals surface area contributed by atoms with Gasteiger partial charge in [0.2, 0.25) is 11.8 Å². The number of nitrogens with one attached hydrogen (secondary N) is 2. The summed E-state index contributed by atoms with van der Waals surface area (Å²) in [5.74, 6) is -1.94. The van der Waals surface area contributed by atoms with E-state index in [9.17, 15) is 24.4 Å². The number of rotatable bonds is 10. The number of nitriles is 1. The molecule has 0 aliphatic rings. The average Bonchev–Trinajstić information content (AvgIpc) is 2.82. The molecular weight excluding hydrogens is 486 g/mol. The number of para-hydroxylation sites is 1. The van der Waals surface area contributed by atoms with E-state index < -0.39 is 48.0 Å². The molecule has 0 heterocycles. The van der Waals surface area contributed by atoms with Crippen molar-refractivity contribution in [3.05, 3.63) is 65.2 Å². The van der Waals surface area contributed by atoms with E-state index in [4.69, 9.17) is 10.5 Å². The quantitative estimate of drug-likeness (QED) is 0.407. The molecule has 202 valence electrons. The maximum atomic E-state index is 13.9. The maximum Gasteiger partial charge on any atom is 0.408 e. The van der Waals surface area contributed by atoms with E-state index >= 15 is 0 Å². The minimum Gasteiger partial charge on any atom is -0.444 e. The van der Waals surface area contributed by atoms with Crippen molar-refractivity contribution in [2.75, 3.05) is 11.9 Å². The van der Waals surface area contributed by atoms with Crippen molar-refractivity contribution in [2.45, 2.75) is 65.1 Å². The van der Waals surface area contributed by atoms with Crippen LogP contribution in [0.25, 0.3) is 0 Å². The summed E-state index contributed by atoms with van der Waals surface area (Å²) in [6.45, 7) is 8.17. The Morgan fingerprint density at radius 2 is 1.63 bits per heavy atom. The largest absolute Gasteiger partial charge is 0.444 e. The lowest BCUT2D eigenvalue weighted by Gasteiger charge is -2.33. The van der Waals surface area contributed by atoms with Crippen molar-refractivity contribution < 1.29 is 23.9 Å². The summed E-state index contributed by atoms with van der Waals surface area (Å²) in [4.78, 5) is 52.8. The van der Waals surface area contributed by atoms with Crippen molar-refractivity contribution in [3.63, 3.8) is 0 Å². The number of anilines is 1. The molecule has 0 saturated carbocycles. The Morgan fingerprint density at radius 3 is 2.18 bits per heavy atom. The Hall–Kier alpha value is -4.39. The number of hydrogen-bond acceptors (Lipinski definition) is 6. The molecule has 0 aliphatic heterocycles. The van der Waals surface area contributed by atoms with Gasteiger partial charge in [0.15, 0.2) is 0 Å². The van der Waals surface area contributed by atoms with E-state index in [0.717, 1.165) is 16.0 Å². The number of benzene rings is 2. The first-order valence-corrected chi connectivity index (χ1v) is 12.2. The summed E-state index contributed by atoms with van der Waals surface area (Å²) in [6.07, 6.45) is -1.24. The zero-order chi connectivity index (χ0) is 28.5. The van der Waals surface area contributed by atoms with E-state index in [1.54, 1.807) is 64.1 Å². The fourth-order valence-electron chi connectivity index (χ4n) is 3.83. The van der Waals surface area contributed by atoms with Crippen LogP contribution in [-0.4, -0.2) is 46.9 Å². The predicted octanol–water partition coefficient (Wildman–Crippen LogP) is 3.49. The molecule has 0 aromatic heterocycles. The Labute approximate surface area is 223 Å². The number of carbonyl (C=O) groups is 4. The van der Waals surface area contributed by atoms with Crippen molar-refractivity contribution in [2.24, 2.45) is 5.73 Å². The summed E-state index contributed by atoms with van der Waals surface area (Å²) in [6, 6.07) is 13.7. The highest BCUT2D eigenvalue weighted by molar-refractivity contribution is 5.99. The van der Waals surface area contributed by atoms with Gasteiger partial charge in [0, 0.05) is 12.1 Å². The van der Waals surface area contributed by atoms with E-state index in [1.165, 1.54) is 0 Å². The van der Waals surface area contributed by atoms with E-state index in [2.05, 4.69) is 10.6 Å². The molecule has 0 radical (unpaired) electrons. The van der Waals surface area contributed by atoms with Crippen LogP contribution >= 0.6 is 0 Å². The normalized spacial score (nSPS) is 12.4. The van der Waals surface area contributed by atoms with Gasteiger partial charge in [-0.3, -0.25) is 14.4 Å². The number of aryl methyl sites for hydroxylation is 2. The van der Waals surface area contributed by atoms with Gasteiger partial charge in [-0.1, -0.05) is 42.5 Å². The Morgan fingerprint density at radius 1 is 1.03 bits per heavy atom. The maximum absolute atomic E-state index is 13.9. The van der Waals surface area contributed by atoms with Gasteiger partial charge in [-0.2, -0.15) is 5.26 Å². The molecule has 4 N–H and O–H groups in total. The van der Waals surface area contributed by atoms with Gasteiger partial charge in [-0.15, -0.1) is 0 Å². The molecule has 0 saturated heterocycles. The second-order valence-corrected chi connectivity index (χ2v) is 9.89. The average molecular weight is 522 g/mol. The molecule has 0 fully saturated rings. The molecule has 2 aromatic carbocycles. The first kappa shape index (κ1) is 29.8. The van der Waals surface area contributed by atoms with Gasteiger partial charge in [0.1, 0.15) is 24.2 Å². The molecule has 2 unspecified atom stereocenters. The molecule has 0 spiro atoms. The second-order valence-electron chi connectivity index (χ2n) is 9.89. The second kappa shape index (κ2) is 13.2. The van der Waals surface area contributed by atoms with Crippen LogP contribution in [0.1, 0.15) is 56.3 Å². The molecule has 10 heteroatoms. The highest BCUT2D eigenvalue weighted by Crippen LogP contribution is 2.28. The third-order valence-electron chi connectivity index (χ3n) is 5.64. The van der Waals surface area contributed by atoms with Crippen molar-refractivity contribution in [3.8, 4) is 6.07 Å². The summed E-state index contributed by atoms with van der Waals surface area (Å²) >= 11 is 0. The van der Waals surface area contributed by atoms with Crippen LogP contribution in [0.5, 0.6) is 0 Å². The minimum absolute atomic E-state index is 0.144. The third-order valence-corrected chi connectivity index (χ3v) is 5.64. The van der Waals surface area contributed by atoms with Crippen molar-refractivity contribution in [1.82, 2.24) is 10.2 Å². The van der Waals surface area contributed by atoms with Crippen LogP contribution in [0.2, 0.25) is 0 Å². The number of primary amides is 1. The molecule has 2 atom stereocenters. The van der Waals surface area contributed by atoms with E-state index in [1.807, 2.05) is 25.1 Å². The fourth-order valence-corrected chi connectivity index (χ4v) is 3.83. The molecule has 4 amide bonds. The highest BCUT2D eigenvalue weighted by Gasteiger charge is 2.37. The number of ether oxygens (including phenoxy) is 1. The summed E-state index contributed by atoms with van der Waals surface area (Å²) < 4.78 is 5.29. The zero-order valence-corrected chi connectivity index (χ0v) is 22.4. The molecule has 0 bridgehead atoms.